The Hall–Kier alpha value is -2.11. The van der Waals surface area contributed by atoms with E-state index in [9.17, 15) is 4.79 Å². The highest BCUT2D eigenvalue weighted by Gasteiger charge is 2.34. The first kappa shape index (κ1) is 19.2. The number of hydrogen-bond donors (Lipinski definition) is 1. The summed E-state index contributed by atoms with van der Waals surface area (Å²) in [5.41, 5.74) is 1.75. The molecule has 5 nitrogen and oxygen atoms in total. The van der Waals surface area contributed by atoms with Crippen molar-refractivity contribution in [2.24, 2.45) is 0 Å². The number of piperazine rings is 1. The van der Waals surface area contributed by atoms with E-state index in [1.54, 1.807) is 6.20 Å². The average molecular weight is 399 g/mol. The van der Waals surface area contributed by atoms with Crippen LogP contribution in [0, 0.1) is 0 Å². The quantitative estimate of drug-likeness (QED) is 0.810. The lowest BCUT2D eigenvalue weighted by molar-refractivity contribution is 0.0954. The maximum Gasteiger partial charge on any atom is 0.252 e. The molecule has 0 radical (unpaired) electrons. The van der Waals surface area contributed by atoms with Crippen molar-refractivity contribution < 1.29 is 4.79 Å². The van der Waals surface area contributed by atoms with Crippen LogP contribution in [0.2, 0.25) is 5.02 Å². The molecule has 148 valence electrons. The summed E-state index contributed by atoms with van der Waals surface area (Å²) in [7, 11) is 0. The zero-order valence-corrected chi connectivity index (χ0v) is 17.0. The van der Waals surface area contributed by atoms with Crippen LogP contribution < -0.4 is 10.2 Å². The Labute approximate surface area is 171 Å². The minimum absolute atomic E-state index is 0.0837. The molecule has 1 N–H and O–H groups in total. The van der Waals surface area contributed by atoms with E-state index in [2.05, 4.69) is 27.0 Å². The number of hydrogen-bond acceptors (Lipinski definition) is 4. The van der Waals surface area contributed by atoms with E-state index in [0.29, 0.717) is 18.2 Å². The Bertz CT molecular complexity index is 804. The number of carbonyl (C=O) groups excluding carboxylic acids is 1. The number of halogens is 1. The van der Waals surface area contributed by atoms with Gasteiger partial charge in [0.2, 0.25) is 0 Å². The van der Waals surface area contributed by atoms with Crippen molar-refractivity contribution in [3.05, 3.63) is 58.7 Å². The number of nitrogens with one attached hydrogen (secondary N) is 1. The van der Waals surface area contributed by atoms with Gasteiger partial charge in [0.25, 0.3) is 5.91 Å². The van der Waals surface area contributed by atoms with Crippen LogP contribution in [0.15, 0.2) is 42.6 Å². The lowest BCUT2D eigenvalue weighted by atomic mass is 10.1. The maximum atomic E-state index is 12.4. The average Bonchev–Trinajstić information content (AvgIpc) is 3.55. The van der Waals surface area contributed by atoms with E-state index < -0.39 is 0 Å². The number of aromatic nitrogens is 1. The normalized spacial score (nSPS) is 20.2. The summed E-state index contributed by atoms with van der Waals surface area (Å²) in [6, 6.07) is 12.8. The summed E-state index contributed by atoms with van der Waals surface area (Å²) >= 11 is 5.90. The molecule has 1 saturated heterocycles. The number of rotatable bonds is 6. The zero-order chi connectivity index (χ0) is 19.5. The second-order valence-corrected chi connectivity index (χ2v) is 8.24. The Morgan fingerprint density at radius 3 is 2.61 bits per heavy atom. The molecule has 0 spiro atoms. The van der Waals surface area contributed by atoms with Crippen molar-refractivity contribution >= 4 is 23.3 Å². The molecule has 2 aromatic rings. The molecule has 1 aromatic heterocycles. The summed E-state index contributed by atoms with van der Waals surface area (Å²) in [4.78, 5) is 21.9. The summed E-state index contributed by atoms with van der Waals surface area (Å²) in [5.74, 6) is 0.875. The molecule has 1 saturated carbocycles. The SMILES string of the molecule is CC1CN(C2CC2)CCN1c1ccc(C(=O)NCCc2ccc(Cl)cc2)cn1. The van der Waals surface area contributed by atoms with E-state index in [1.165, 1.54) is 12.8 Å². The van der Waals surface area contributed by atoms with Crippen LogP contribution in [-0.2, 0) is 6.42 Å². The van der Waals surface area contributed by atoms with Gasteiger partial charge in [-0.15, -0.1) is 0 Å². The summed E-state index contributed by atoms with van der Waals surface area (Å²) in [6.07, 6.45) is 5.17. The van der Waals surface area contributed by atoms with Crippen molar-refractivity contribution in [2.45, 2.75) is 38.3 Å². The Kier molecular flexibility index (Phi) is 5.83. The fourth-order valence-electron chi connectivity index (χ4n) is 3.86. The Morgan fingerprint density at radius 1 is 1.18 bits per heavy atom. The fraction of sp³-hybridized carbons (Fsp3) is 0.455. The van der Waals surface area contributed by atoms with Crippen LogP contribution >= 0.6 is 11.6 Å². The Balaban J connectivity index is 1.28. The molecule has 6 heteroatoms. The van der Waals surface area contributed by atoms with Crippen LogP contribution in [0.25, 0.3) is 0 Å². The highest BCUT2D eigenvalue weighted by molar-refractivity contribution is 6.30. The number of nitrogens with zero attached hydrogens (tertiary/aromatic N) is 3. The van der Waals surface area contributed by atoms with Gasteiger partial charge in [-0.1, -0.05) is 23.7 Å². The highest BCUT2D eigenvalue weighted by Crippen LogP contribution is 2.29. The van der Waals surface area contributed by atoms with Crippen molar-refractivity contribution in [3.8, 4) is 0 Å². The van der Waals surface area contributed by atoms with Gasteiger partial charge < -0.3 is 10.2 Å². The van der Waals surface area contributed by atoms with Gasteiger partial charge in [0.15, 0.2) is 0 Å². The third-order valence-corrected chi connectivity index (χ3v) is 5.89. The van der Waals surface area contributed by atoms with Crippen LogP contribution in [0.1, 0.15) is 35.7 Å². The summed E-state index contributed by atoms with van der Waals surface area (Å²) < 4.78 is 0. The molecule has 1 atom stereocenters. The third kappa shape index (κ3) is 4.65. The van der Waals surface area contributed by atoms with E-state index in [4.69, 9.17) is 11.6 Å². The van der Waals surface area contributed by atoms with Gasteiger partial charge in [0, 0.05) is 49.5 Å². The number of pyridine rings is 1. The van der Waals surface area contributed by atoms with Gasteiger partial charge in [-0.3, -0.25) is 9.69 Å². The first-order chi connectivity index (χ1) is 13.6. The Morgan fingerprint density at radius 2 is 1.96 bits per heavy atom. The second-order valence-electron chi connectivity index (χ2n) is 7.81. The van der Waals surface area contributed by atoms with Crippen molar-refractivity contribution in [2.75, 3.05) is 31.1 Å². The number of benzene rings is 1. The van der Waals surface area contributed by atoms with Gasteiger partial charge in [0.1, 0.15) is 5.82 Å². The van der Waals surface area contributed by atoms with Crippen LogP contribution in [0.5, 0.6) is 0 Å². The van der Waals surface area contributed by atoms with Crippen molar-refractivity contribution in [1.29, 1.82) is 0 Å². The van der Waals surface area contributed by atoms with Gasteiger partial charge >= 0.3 is 0 Å². The molecule has 0 bridgehead atoms. The molecule has 1 aliphatic heterocycles. The zero-order valence-electron chi connectivity index (χ0n) is 16.3. The minimum atomic E-state index is -0.0837. The molecule has 2 aliphatic rings. The molecule has 1 aliphatic carbocycles. The topological polar surface area (TPSA) is 48.5 Å². The standard InChI is InChI=1S/C22H27ClN4O/c1-16-15-26(20-7-8-20)12-13-27(16)21-9-4-18(14-25-21)22(28)24-11-10-17-2-5-19(23)6-3-17/h2-6,9,14,16,20H,7-8,10-13,15H2,1H3,(H,24,28). The largest absolute Gasteiger partial charge is 0.352 e. The van der Waals surface area contributed by atoms with Gasteiger partial charge in [-0.2, -0.15) is 0 Å². The predicted molar refractivity (Wildman–Crippen MR) is 113 cm³/mol. The lowest BCUT2D eigenvalue weighted by Gasteiger charge is -2.40. The van der Waals surface area contributed by atoms with Crippen molar-refractivity contribution in [3.63, 3.8) is 0 Å². The molecular formula is C22H27ClN4O. The van der Waals surface area contributed by atoms with E-state index >= 15 is 0 Å². The van der Waals surface area contributed by atoms with E-state index in [-0.39, 0.29) is 5.91 Å². The molecule has 1 unspecified atom stereocenters. The van der Waals surface area contributed by atoms with Crippen molar-refractivity contribution in [1.82, 2.24) is 15.2 Å². The maximum absolute atomic E-state index is 12.4. The van der Waals surface area contributed by atoms with Crippen LogP contribution in [0.4, 0.5) is 5.82 Å². The van der Waals surface area contributed by atoms with Gasteiger partial charge in [-0.05, 0) is 56.0 Å². The molecule has 4 rings (SSSR count). The van der Waals surface area contributed by atoms with Crippen LogP contribution in [-0.4, -0.2) is 54.1 Å². The predicted octanol–water partition coefficient (Wildman–Crippen LogP) is 3.38. The first-order valence-electron chi connectivity index (χ1n) is 10.1. The molecular weight excluding hydrogens is 372 g/mol. The molecule has 1 amide bonds. The third-order valence-electron chi connectivity index (χ3n) is 5.64. The van der Waals surface area contributed by atoms with E-state index in [1.807, 2.05) is 36.4 Å². The number of anilines is 1. The molecule has 2 heterocycles. The second kappa shape index (κ2) is 8.50. The van der Waals surface area contributed by atoms with Crippen LogP contribution in [0.3, 0.4) is 0 Å². The van der Waals surface area contributed by atoms with Gasteiger partial charge in [-0.25, -0.2) is 4.98 Å². The lowest BCUT2D eigenvalue weighted by Crippen LogP contribution is -2.52. The van der Waals surface area contributed by atoms with Gasteiger partial charge in [0.05, 0.1) is 5.56 Å². The first-order valence-corrected chi connectivity index (χ1v) is 10.5. The minimum Gasteiger partial charge on any atom is -0.352 e. The molecule has 28 heavy (non-hydrogen) atoms. The molecule has 1 aromatic carbocycles. The molecule has 2 fully saturated rings. The number of carbonyl (C=O) groups is 1. The number of amides is 1. The summed E-state index contributed by atoms with van der Waals surface area (Å²) in [5, 5.41) is 3.69. The monoisotopic (exact) mass is 398 g/mol. The smallest absolute Gasteiger partial charge is 0.252 e. The highest BCUT2D eigenvalue weighted by atomic mass is 35.5. The summed E-state index contributed by atoms with van der Waals surface area (Å²) in [6.45, 7) is 6.04. The fourth-order valence-corrected chi connectivity index (χ4v) is 3.99. The van der Waals surface area contributed by atoms with E-state index in [0.717, 1.165) is 48.5 Å².